The summed E-state index contributed by atoms with van der Waals surface area (Å²) in [4.78, 5) is 11.0. The molecular formula is C12H12O2. The lowest BCUT2D eigenvalue weighted by Crippen LogP contribution is -3.12. The van der Waals surface area contributed by atoms with Crippen molar-refractivity contribution in [1.82, 2.24) is 0 Å². The third-order valence-electron chi connectivity index (χ3n) is 6.29. The van der Waals surface area contributed by atoms with Crippen LogP contribution in [0.2, 0.25) is 0 Å². The van der Waals surface area contributed by atoms with Crippen molar-refractivity contribution in [3.05, 3.63) is 12.7 Å². The standard InChI is InChI=1S/C12H12O2/c1-3-11-5-8-6(11)10-7(11)9(5)12(8,10)14-4(2)13/h3,5-10H,1H2,2H3. The van der Waals surface area contributed by atoms with E-state index in [1.807, 2.05) is 0 Å². The molecule has 2 nitrogen and oxygen atoms in total. The molecule has 2 heteroatoms. The molecule has 6 aliphatic carbocycles. The highest BCUT2D eigenvalue weighted by Gasteiger charge is 3.11. The number of carbonyl (C=O) groups is 1. The van der Waals surface area contributed by atoms with Crippen molar-refractivity contribution < 1.29 is 9.53 Å². The highest BCUT2D eigenvalue weighted by molar-refractivity contribution is 5.70. The van der Waals surface area contributed by atoms with Gasteiger partial charge < -0.3 is 4.74 Å². The monoisotopic (exact) mass is 188 g/mol. The molecule has 0 radical (unpaired) electrons. The van der Waals surface area contributed by atoms with E-state index < -0.39 is 0 Å². The molecule has 0 amide bonds. The molecular weight excluding hydrogens is 176 g/mol. The van der Waals surface area contributed by atoms with Crippen molar-refractivity contribution in [3.63, 3.8) is 0 Å². The Balaban J connectivity index is 1.56. The lowest BCUT2D eigenvalue weighted by atomic mass is 8.95. The number of hydrogen-bond donors (Lipinski definition) is 0. The number of carbonyl (C=O) groups excluding carboxylic acids is 1. The summed E-state index contributed by atoms with van der Waals surface area (Å²) in [5, 5.41) is 0. The van der Waals surface area contributed by atoms with E-state index in [1.165, 1.54) is 0 Å². The number of ether oxygens (including phenoxy) is 1. The lowest BCUT2D eigenvalue weighted by molar-refractivity contribution is -0.646. The van der Waals surface area contributed by atoms with Gasteiger partial charge in [-0.25, -0.2) is 0 Å². The summed E-state index contributed by atoms with van der Waals surface area (Å²) in [5.74, 6) is 4.73. The second kappa shape index (κ2) is 1.31. The predicted octanol–water partition coefficient (Wildman–Crippen LogP) is 1.23. The summed E-state index contributed by atoms with van der Waals surface area (Å²) in [7, 11) is 0. The van der Waals surface area contributed by atoms with Gasteiger partial charge in [0.25, 0.3) is 0 Å². The normalized spacial score (nSPS) is 76.6. The Kier molecular flexibility index (Phi) is 0.623. The summed E-state index contributed by atoms with van der Waals surface area (Å²) < 4.78 is 5.57. The Labute approximate surface area is 82.3 Å². The van der Waals surface area contributed by atoms with E-state index in [0.717, 1.165) is 35.5 Å². The second-order valence-corrected chi connectivity index (χ2v) is 5.81. The van der Waals surface area contributed by atoms with Crippen molar-refractivity contribution in [2.24, 2.45) is 40.9 Å². The Morgan fingerprint density at radius 2 is 1.71 bits per heavy atom. The highest BCUT2D eigenvalue weighted by Crippen LogP contribution is 3.08. The maximum atomic E-state index is 11.0. The van der Waals surface area contributed by atoms with Crippen LogP contribution in [0.5, 0.6) is 0 Å². The van der Waals surface area contributed by atoms with Gasteiger partial charge in [-0.3, -0.25) is 4.79 Å². The van der Waals surface area contributed by atoms with Gasteiger partial charge in [-0.1, -0.05) is 6.08 Å². The number of hydrogen-bond acceptors (Lipinski definition) is 2. The molecule has 6 saturated carbocycles. The first kappa shape index (κ1) is 6.65. The maximum Gasteiger partial charge on any atom is 0.303 e. The van der Waals surface area contributed by atoms with Gasteiger partial charge in [0, 0.05) is 24.7 Å². The number of allylic oxidation sites excluding steroid dienone is 1. The summed E-state index contributed by atoms with van der Waals surface area (Å²) >= 11 is 0. The van der Waals surface area contributed by atoms with E-state index in [4.69, 9.17) is 4.74 Å². The van der Waals surface area contributed by atoms with E-state index >= 15 is 0 Å². The van der Waals surface area contributed by atoms with E-state index in [1.54, 1.807) is 6.92 Å². The Morgan fingerprint density at radius 1 is 1.21 bits per heavy atom. The summed E-state index contributed by atoms with van der Waals surface area (Å²) in [5.41, 5.74) is 0.610. The molecule has 0 spiro atoms. The minimum atomic E-state index is -0.0756. The molecule has 0 N–H and O–H groups in total. The molecule has 0 saturated heterocycles. The van der Waals surface area contributed by atoms with Crippen molar-refractivity contribution in [2.75, 3.05) is 0 Å². The zero-order chi connectivity index (χ0) is 9.46. The number of rotatable bonds is 2. The molecule has 0 atom stereocenters. The molecule has 0 aliphatic heterocycles. The molecule has 0 aromatic rings. The van der Waals surface area contributed by atoms with E-state index in [-0.39, 0.29) is 11.6 Å². The lowest BCUT2D eigenvalue weighted by Gasteiger charge is -3.09. The number of esters is 1. The summed E-state index contributed by atoms with van der Waals surface area (Å²) in [6.07, 6.45) is 2.20. The molecule has 6 rings (SSSR count). The van der Waals surface area contributed by atoms with Crippen LogP contribution >= 0.6 is 0 Å². The van der Waals surface area contributed by atoms with Gasteiger partial charge in [-0.2, -0.15) is 0 Å². The molecule has 72 valence electrons. The fraction of sp³-hybridized carbons (Fsp3) is 0.750. The summed E-state index contributed by atoms with van der Waals surface area (Å²) in [6.45, 7) is 5.53. The predicted molar refractivity (Wildman–Crippen MR) is 48.1 cm³/mol. The van der Waals surface area contributed by atoms with E-state index in [2.05, 4.69) is 12.7 Å². The van der Waals surface area contributed by atoms with Gasteiger partial charge in [0.2, 0.25) is 0 Å². The molecule has 6 aliphatic rings. The second-order valence-electron chi connectivity index (χ2n) is 5.81. The largest absolute Gasteiger partial charge is 0.458 e. The third kappa shape index (κ3) is 0.259. The van der Waals surface area contributed by atoms with Crippen molar-refractivity contribution >= 4 is 5.97 Å². The molecule has 6 fully saturated rings. The fourth-order valence-corrected chi connectivity index (χ4v) is 6.37. The zero-order valence-corrected chi connectivity index (χ0v) is 8.07. The molecule has 0 heterocycles. The first-order valence-corrected chi connectivity index (χ1v) is 5.54. The van der Waals surface area contributed by atoms with Crippen LogP contribution in [0.15, 0.2) is 12.7 Å². The topological polar surface area (TPSA) is 26.3 Å². The quantitative estimate of drug-likeness (QED) is 0.481. The minimum absolute atomic E-state index is 0.0661. The third-order valence-corrected chi connectivity index (χ3v) is 6.29. The van der Waals surface area contributed by atoms with Crippen LogP contribution in [-0.4, -0.2) is 11.6 Å². The SMILES string of the molecule is C=CC12C3C4C1C1C2C3C41OC(C)=O. The average molecular weight is 188 g/mol. The van der Waals surface area contributed by atoms with E-state index in [0.29, 0.717) is 5.41 Å². The van der Waals surface area contributed by atoms with Gasteiger partial charge >= 0.3 is 5.97 Å². The van der Waals surface area contributed by atoms with Crippen LogP contribution in [0.4, 0.5) is 0 Å². The van der Waals surface area contributed by atoms with Gasteiger partial charge in [0.05, 0.1) is 0 Å². The van der Waals surface area contributed by atoms with E-state index in [9.17, 15) is 4.79 Å². The van der Waals surface area contributed by atoms with Gasteiger partial charge in [0.15, 0.2) is 0 Å². The molecule has 0 aromatic carbocycles. The molecule has 0 unspecified atom stereocenters. The van der Waals surface area contributed by atoms with Gasteiger partial charge in [-0.05, 0) is 23.2 Å². The van der Waals surface area contributed by atoms with Crippen LogP contribution in [0.1, 0.15) is 6.92 Å². The first-order valence-electron chi connectivity index (χ1n) is 5.54. The Bertz CT molecular complexity index is 368. The average Bonchev–Trinajstić information content (AvgIpc) is 2.18. The zero-order valence-electron chi connectivity index (χ0n) is 8.07. The molecule has 14 heavy (non-hydrogen) atoms. The van der Waals surface area contributed by atoms with Gasteiger partial charge in [0.1, 0.15) is 5.60 Å². The molecule has 0 aromatic heterocycles. The Morgan fingerprint density at radius 3 is 2.07 bits per heavy atom. The van der Waals surface area contributed by atoms with Crippen LogP contribution in [-0.2, 0) is 9.53 Å². The maximum absolute atomic E-state index is 11.0. The highest BCUT2D eigenvalue weighted by atomic mass is 16.6. The summed E-state index contributed by atoms with van der Waals surface area (Å²) in [6, 6.07) is 0. The van der Waals surface area contributed by atoms with Crippen LogP contribution in [0, 0.1) is 40.9 Å². The van der Waals surface area contributed by atoms with Crippen LogP contribution in [0.3, 0.4) is 0 Å². The minimum Gasteiger partial charge on any atom is -0.458 e. The van der Waals surface area contributed by atoms with Crippen LogP contribution in [0.25, 0.3) is 0 Å². The smallest absolute Gasteiger partial charge is 0.303 e. The molecule has 0 bridgehead atoms. The fourth-order valence-electron chi connectivity index (χ4n) is 6.37. The van der Waals surface area contributed by atoms with Gasteiger partial charge in [-0.15, -0.1) is 6.58 Å². The van der Waals surface area contributed by atoms with Crippen molar-refractivity contribution in [1.29, 1.82) is 0 Å². The van der Waals surface area contributed by atoms with Crippen molar-refractivity contribution in [2.45, 2.75) is 12.5 Å². The first-order chi connectivity index (χ1) is 6.71. The van der Waals surface area contributed by atoms with Crippen molar-refractivity contribution in [3.8, 4) is 0 Å². The Hall–Kier alpha value is -0.790. The van der Waals surface area contributed by atoms with Crippen LogP contribution < -0.4 is 0 Å².